The van der Waals surface area contributed by atoms with Crippen molar-refractivity contribution in [1.29, 1.82) is 0 Å². The summed E-state index contributed by atoms with van der Waals surface area (Å²) in [6.07, 6.45) is 3.23. The van der Waals surface area contributed by atoms with Gasteiger partial charge in [0.2, 0.25) is 0 Å². The summed E-state index contributed by atoms with van der Waals surface area (Å²) in [5.41, 5.74) is 4.34. The van der Waals surface area contributed by atoms with Crippen LogP contribution in [0.5, 0.6) is 0 Å². The van der Waals surface area contributed by atoms with Crippen LogP contribution in [-0.2, 0) is 6.42 Å². The Morgan fingerprint density at radius 2 is 2.43 bits per heavy atom. The number of anilines is 1. The SMILES string of the molecule is CCc1cnc2c(c1C)NCCC2O. The molecule has 1 aromatic rings. The van der Waals surface area contributed by atoms with Gasteiger partial charge in [-0.2, -0.15) is 0 Å². The van der Waals surface area contributed by atoms with Gasteiger partial charge in [-0.15, -0.1) is 0 Å². The number of hydrogen-bond donors (Lipinski definition) is 2. The lowest BCUT2D eigenvalue weighted by molar-refractivity contribution is 0.163. The summed E-state index contributed by atoms with van der Waals surface area (Å²) in [5.74, 6) is 0. The van der Waals surface area contributed by atoms with Crippen molar-refractivity contribution in [1.82, 2.24) is 4.98 Å². The molecule has 1 atom stereocenters. The quantitative estimate of drug-likeness (QED) is 0.713. The van der Waals surface area contributed by atoms with Crippen LogP contribution in [0.2, 0.25) is 0 Å². The van der Waals surface area contributed by atoms with Gasteiger partial charge in [0.15, 0.2) is 0 Å². The second-order valence-electron chi connectivity index (χ2n) is 3.75. The van der Waals surface area contributed by atoms with E-state index in [1.807, 2.05) is 6.20 Å². The van der Waals surface area contributed by atoms with E-state index in [9.17, 15) is 5.11 Å². The van der Waals surface area contributed by atoms with Gasteiger partial charge in [0, 0.05) is 12.7 Å². The molecule has 2 rings (SSSR count). The van der Waals surface area contributed by atoms with E-state index >= 15 is 0 Å². The molecule has 3 nitrogen and oxygen atoms in total. The lowest BCUT2D eigenvalue weighted by Gasteiger charge is -2.24. The van der Waals surface area contributed by atoms with E-state index in [-0.39, 0.29) is 0 Å². The van der Waals surface area contributed by atoms with E-state index in [0.717, 1.165) is 30.8 Å². The largest absolute Gasteiger partial charge is 0.387 e. The fourth-order valence-electron chi connectivity index (χ4n) is 1.96. The van der Waals surface area contributed by atoms with Crippen molar-refractivity contribution < 1.29 is 5.11 Å². The van der Waals surface area contributed by atoms with E-state index in [4.69, 9.17) is 0 Å². The molecule has 2 heterocycles. The predicted octanol–water partition coefficient (Wildman–Crippen LogP) is 1.80. The Kier molecular flexibility index (Phi) is 2.42. The molecule has 0 aliphatic carbocycles. The number of hydrogen-bond acceptors (Lipinski definition) is 3. The summed E-state index contributed by atoms with van der Waals surface area (Å²) < 4.78 is 0. The molecule has 0 saturated heterocycles. The van der Waals surface area contributed by atoms with Crippen LogP contribution in [0.3, 0.4) is 0 Å². The lowest BCUT2D eigenvalue weighted by Crippen LogP contribution is -2.19. The maximum atomic E-state index is 9.75. The van der Waals surface area contributed by atoms with Crippen molar-refractivity contribution in [2.24, 2.45) is 0 Å². The van der Waals surface area contributed by atoms with Crippen LogP contribution in [0, 0.1) is 6.92 Å². The smallest absolute Gasteiger partial charge is 0.0997 e. The summed E-state index contributed by atoms with van der Waals surface area (Å²) in [7, 11) is 0. The van der Waals surface area contributed by atoms with Crippen LogP contribution in [0.1, 0.15) is 36.3 Å². The fraction of sp³-hybridized carbons (Fsp3) is 0.545. The van der Waals surface area contributed by atoms with Crippen LogP contribution in [0.15, 0.2) is 6.20 Å². The summed E-state index contributed by atoms with van der Waals surface area (Å²) in [6, 6.07) is 0. The molecule has 0 spiro atoms. The monoisotopic (exact) mass is 192 g/mol. The zero-order chi connectivity index (χ0) is 10.1. The lowest BCUT2D eigenvalue weighted by atomic mass is 9.99. The number of aryl methyl sites for hydroxylation is 1. The zero-order valence-electron chi connectivity index (χ0n) is 8.67. The second kappa shape index (κ2) is 3.58. The highest BCUT2D eigenvalue weighted by molar-refractivity contribution is 5.59. The Morgan fingerprint density at radius 3 is 3.14 bits per heavy atom. The van der Waals surface area contributed by atoms with Crippen molar-refractivity contribution in [2.45, 2.75) is 32.8 Å². The number of fused-ring (bicyclic) bond motifs is 1. The van der Waals surface area contributed by atoms with Gasteiger partial charge in [0.25, 0.3) is 0 Å². The topological polar surface area (TPSA) is 45.2 Å². The first-order chi connectivity index (χ1) is 6.74. The summed E-state index contributed by atoms with van der Waals surface area (Å²) in [4.78, 5) is 4.32. The maximum Gasteiger partial charge on any atom is 0.0997 e. The molecule has 2 N–H and O–H groups in total. The fourth-order valence-corrected chi connectivity index (χ4v) is 1.96. The Labute approximate surface area is 84.2 Å². The summed E-state index contributed by atoms with van der Waals surface area (Å²) >= 11 is 0. The Balaban J connectivity index is 2.52. The van der Waals surface area contributed by atoms with Crippen molar-refractivity contribution >= 4 is 5.69 Å². The minimum atomic E-state index is -0.393. The predicted molar refractivity (Wildman–Crippen MR) is 56.4 cm³/mol. The van der Waals surface area contributed by atoms with Gasteiger partial charge in [-0.3, -0.25) is 4.98 Å². The van der Waals surface area contributed by atoms with E-state index in [2.05, 4.69) is 24.1 Å². The first-order valence-corrected chi connectivity index (χ1v) is 5.14. The van der Waals surface area contributed by atoms with Crippen molar-refractivity contribution in [2.75, 3.05) is 11.9 Å². The highest BCUT2D eigenvalue weighted by atomic mass is 16.3. The number of aliphatic hydroxyl groups is 1. The number of aromatic nitrogens is 1. The van der Waals surface area contributed by atoms with Crippen LogP contribution >= 0.6 is 0 Å². The van der Waals surface area contributed by atoms with Gasteiger partial charge in [0.05, 0.1) is 17.5 Å². The van der Waals surface area contributed by atoms with Crippen LogP contribution in [0.25, 0.3) is 0 Å². The first kappa shape index (κ1) is 9.46. The molecule has 1 aromatic heterocycles. The number of aliphatic hydroxyl groups excluding tert-OH is 1. The van der Waals surface area contributed by atoms with E-state index < -0.39 is 6.10 Å². The summed E-state index contributed by atoms with van der Waals surface area (Å²) in [6.45, 7) is 5.05. The van der Waals surface area contributed by atoms with Gasteiger partial charge in [-0.25, -0.2) is 0 Å². The molecule has 0 amide bonds. The number of pyridine rings is 1. The number of nitrogens with one attached hydrogen (secondary N) is 1. The Bertz CT molecular complexity index is 349. The molecule has 14 heavy (non-hydrogen) atoms. The van der Waals surface area contributed by atoms with Crippen LogP contribution < -0.4 is 5.32 Å². The molecule has 0 aromatic carbocycles. The van der Waals surface area contributed by atoms with Crippen molar-refractivity contribution in [3.63, 3.8) is 0 Å². The Hall–Kier alpha value is -1.09. The van der Waals surface area contributed by atoms with Crippen molar-refractivity contribution in [3.05, 3.63) is 23.0 Å². The molecule has 76 valence electrons. The van der Waals surface area contributed by atoms with Gasteiger partial charge in [-0.05, 0) is 30.9 Å². The molecule has 3 heteroatoms. The van der Waals surface area contributed by atoms with Gasteiger partial charge in [0.1, 0.15) is 0 Å². The molecular formula is C11H16N2O. The molecule has 1 unspecified atom stereocenters. The third-order valence-electron chi connectivity index (χ3n) is 2.89. The minimum Gasteiger partial charge on any atom is -0.387 e. The first-order valence-electron chi connectivity index (χ1n) is 5.14. The minimum absolute atomic E-state index is 0.393. The second-order valence-corrected chi connectivity index (χ2v) is 3.75. The van der Waals surface area contributed by atoms with Gasteiger partial charge in [-0.1, -0.05) is 6.92 Å². The highest BCUT2D eigenvalue weighted by Gasteiger charge is 2.21. The molecule has 0 fully saturated rings. The molecule has 1 aliphatic rings. The zero-order valence-corrected chi connectivity index (χ0v) is 8.67. The maximum absolute atomic E-state index is 9.75. The third kappa shape index (κ3) is 1.38. The van der Waals surface area contributed by atoms with Crippen LogP contribution in [0.4, 0.5) is 5.69 Å². The molecular weight excluding hydrogens is 176 g/mol. The normalized spacial score (nSPS) is 20.1. The highest BCUT2D eigenvalue weighted by Crippen LogP contribution is 2.31. The van der Waals surface area contributed by atoms with Crippen LogP contribution in [-0.4, -0.2) is 16.6 Å². The molecule has 0 radical (unpaired) electrons. The number of nitrogens with zero attached hydrogens (tertiary/aromatic N) is 1. The third-order valence-corrected chi connectivity index (χ3v) is 2.89. The molecule has 0 bridgehead atoms. The number of rotatable bonds is 1. The Morgan fingerprint density at radius 1 is 1.64 bits per heavy atom. The van der Waals surface area contributed by atoms with Gasteiger partial charge < -0.3 is 10.4 Å². The molecule has 1 aliphatic heterocycles. The summed E-state index contributed by atoms with van der Waals surface area (Å²) in [5, 5.41) is 13.1. The standard InChI is InChI=1S/C11H16N2O/c1-3-8-6-13-11-9(14)4-5-12-10(11)7(8)2/h6,9,12,14H,3-5H2,1-2H3. The van der Waals surface area contributed by atoms with Crippen molar-refractivity contribution in [3.8, 4) is 0 Å². The average molecular weight is 192 g/mol. The van der Waals surface area contributed by atoms with Gasteiger partial charge >= 0.3 is 0 Å². The van der Waals surface area contributed by atoms with E-state index in [1.54, 1.807) is 0 Å². The van der Waals surface area contributed by atoms with E-state index in [1.165, 1.54) is 11.1 Å². The van der Waals surface area contributed by atoms with E-state index in [0.29, 0.717) is 0 Å². The average Bonchev–Trinajstić information content (AvgIpc) is 2.20. The molecule has 0 saturated carbocycles.